The topological polar surface area (TPSA) is 66.8 Å². The second-order valence-electron chi connectivity index (χ2n) is 9.15. The molecule has 0 aliphatic heterocycles. The van der Waals surface area contributed by atoms with Crippen LogP contribution in [0.4, 0.5) is 0 Å². The van der Waals surface area contributed by atoms with Crippen LogP contribution in [0.2, 0.25) is 0 Å². The van der Waals surface area contributed by atoms with Crippen LogP contribution in [0.15, 0.2) is 11.6 Å². The molecule has 5 nitrogen and oxygen atoms in total. The van der Waals surface area contributed by atoms with Gasteiger partial charge in [0.1, 0.15) is 6.10 Å². The molecule has 2 fully saturated rings. The number of nitrogens with zero attached hydrogens (tertiary/aromatic N) is 1. The highest BCUT2D eigenvalue weighted by molar-refractivity contribution is 5.76. The average molecular weight is 390 g/mol. The van der Waals surface area contributed by atoms with Crippen molar-refractivity contribution >= 4 is 11.9 Å². The summed E-state index contributed by atoms with van der Waals surface area (Å²) in [6.45, 7) is 10.3. The van der Waals surface area contributed by atoms with E-state index in [4.69, 9.17) is 4.74 Å². The average Bonchev–Trinajstić information content (AvgIpc) is 3.46. The maximum absolute atomic E-state index is 12.4. The molecule has 3 rings (SSSR count). The number of aliphatic hydroxyl groups is 1. The zero-order valence-electron chi connectivity index (χ0n) is 17.9. The number of carbonyl (C=O) groups excluding carboxylic acids is 2. The van der Waals surface area contributed by atoms with Crippen molar-refractivity contribution in [3.05, 3.63) is 18.1 Å². The van der Waals surface area contributed by atoms with Gasteiger partial charge in [-0.3, -0.25) is 9.59 Å². The number of hydrogen-bond donors (Lipinski definition) is 1. The highest BCUT2D eigenvalue weighted by Gasteiger charge is 2.53. The van der Waals surface area contributed by atoms with E-state index in [0.717, 1.165) is 37.8 Å². The van der Waals surface area contributed by atoms with E-state index in [-0.39, 0.29) is 35.5 Å². The first-order valence-corrected chi connectivity index (χ1v) is 10.8. The Morgan fingerprint density at radius 1 is 1.36 bits per heavy atom. The largest absolute Gasteiger partial charge is 0.457 e. The van der Waals surface area contributed by atoms with E-state index in [1.54, 1.807) is 0 Å². The number of esters is 1. The van der Waals surface area contributed by atoms with E-state index in [2.05, 4.69) is 31.2 Å². The number of ether oxygens (including phenoxy) is 1. The summed E-state index contributed by atoms with van der Waals surface area (Å²) < 4.78 is 5.38. The lowest BCUT2D eigenvalue weighted by molar-refractivity contribution is -0.148. The number of rotatable bonds is 6. The number of amides is 1. The summed E-state index contributed by atoms with van der Waals surface area (Å²) >= 11 is 0. The molecule has 2 radical (unpaired) electrons. The van der Waals surface area contributed by atoms with Gasteiger partial charge in [0.05, 0.1) is 12.0 Å². The van der Waals surface area contributed by atoms with Crippen molar-refractivity contribution < 1.29 is 19.4 Å². The fraction of sp³-hybridized carbons (Fsp3) is 0.783. The first-order valence-electron chi connectivity index (χ1n) is 10.8. The minimum absolute atomic E-state index is 0.0557. The summed E-state index contributed by atoms with van der Waals surface area (Å²) in [5, 5.41) is 11.6. The molecule has 5 heteroatoms. The van der Waals surface area contributed by atoms with Crippen molar-refractivity contribution in [1.82, 2.24) is 4.90 Å². The van der Waals surface area contributed by atoms with Gasteiger partial charge >= 0.3 is 5.97 Å². The summed E-state index contributed by atoms with van der Waals surface area (Å²) in [4.78, 5) is 25.9. The molecule has 28 heavy (non-hydrogen) atoms. The Labute approximate surface area is 169 Å². The smallest absolute Gasteiger partial charge is 0.303 e. The summed E-state index contributed by atoms with van der Waals surface area (Å²) in [7, 11) is 0. The number of fused-ring (bicyclic) bond motifs is 1. The SMILES string of the molecule is CCC(=O)N(C[C@@H](C)[C@@H]1CC[C@@H](C)[C@]2(O)[C][C@@H](OC(C)=O)C(C)=C[C@H]12)C1CC1. The van der Waals surface area contributed by atoms with Crippen LogP contribution in [0, 0.1) is 30.1 Å². The maximum atomic E-state index is 12.4. The van der Waals surface area contributed by atoms with Gasteiger partial charge in [-0.25, -0.2) is 0 Å². The van der Waals surface area contributed by atoms with Crippen LogP contribution in [-0.4, -0.2) is 46.2 Å². The zero-order chi connectivity index (χ0) is 20.6. The van der Waals surface area contributed by atoms with Crippen molar-refractivity contribution in [2.45, 2.75) is 84.5 Å². The normalized spacial score (nSPS) is 36.1. The van der Waals surface area contributed by atoms with Crippen molar-refractivity contribution in [1.29, 1.82) is 0 Å². The summed E-state index contributed by atoms with van der Waals surface area (Å²) in [6.07, 6.45) is 9.44. The molecule has 1 N–H and O–H groups in total. The Kier molecular flexibility index (Phi) is 6.23. The Bertz CT molecular complexity index is 641. The molecule has 156 valence electrons. The predicted octanol–water partition coefficient (Wildman–Crippen LogP) is 3.39. The molecular weight excluding hydrogens is 354 g/mol. The molecule has 0 heterocycles. The van der Waals surface area contributed by atoms with Gasteiger partial charge in [-0.1, -0.05) is 26.8 Å². The molecule has 0 aromatic heterocycles. The Morgan fingerprint density at radius 3 is 2.61 bits per heavy atom. The summed E-state index contributed by atoms with van der Waals surface area (Å²) in [6, 6.07) is 0.409. The summed E-state index contributed by atoms with van der Waals surface area (Å²) in [5.74, 6) is 0.427. The zero-order valence-corrected chi connectivity index (χ0v) is 17.9. The van der Waals surface area contributed by atoms with Gasteiger partial charge in [0, 0.05) is 31.8 Å². The van der Waals surface area contributed by atoms with Crippen LogP contribution in [0.1, 0.15) is 66.7 Å². The number of hydrogen-bond acceptors (Lipinski definition) is 4. The first kappa shape index (κ1) is 21.4. The third-order valence-corrected chi connectivity index (χ3v) is 6.98. The van der Waals surface area contributed by atoms with E-state index in [1.807, 2.05) is 13.8 Å². The second kappa shape index (κ2) is 8.17. The molecular formula is C23H35NO4. The molecule has 6 atom stereocenters. The van der Waals surface area contributed by atoms with Crippen molar-refractivity contribution in [2.75, 3.05) is 6.54 Å². The van der Waals surface area contributed by atoms with Crippen LogP contribution in [0.25, 0.3) is 0 Å². The molecule has 0 spiro atoms. The van der Waals surface area contributed by atoms with Crippen molar-refractivity contribution in [3.63, 3.8) is 0 Å². The molecule has 1 amide bonds. The maximum Gasteiger partial charge on any atom is 0.303 e. The lowest BCUT2D eigenvalue weighted by atomic mass is 9.57. The van der Waals surface area contributed by atoms with Gasteiger partial charge in [-0.15, -0.1) is 0 Å². The monoisotopic (exact) mass is 389 g/mol. The third kappa shape index (κ3) is 4.14. The number of carbonyl (C=O) groups is 2. The van der Waals surface area contributed by atoms with E-state index in [9.17, 15) is 14.7 Å². The van der Waals surface area contributed by atoms with Crippen molar-refractivity contribution in [3.8, 4) is 0 Å². The van der Waals surface area contributed by atoms with Crippen LogP contribution >= 0.6 is 0 Å². The van der Waals surface area contributed by atoms with Crippen LogP contribution in [0.3, 0.4) is 0 Å². The van der Waals surface area contributed by atoms with E-state index < -0.39 is 11.7 Å². The first-order chi connectivity index (χ1) is 13.2. The highest BCUT2D eigenvalue weighted by atomic mass is 16.5. The molecule has 0 unspecified atom stereocenters. The van der Waals surface area contributed by atoms with E-state index in [1.165, 1.54) is 6.92 Å². The molecule has 0 aromatic carbocycles. The van der Waals surface area contributed by atoms with Gasteiger partial charge < -0.3 is 14.7 Å². The minimum atomic E-state index is -1.10. The fourth-order valence-corrected chi connectivity index (χ4v) is 5.10. The lowest BCUT2D eigenvalue weighted by Gasteiger charge is -2.52. The quantitative estimate of drug-likeness (QED) is 0.559. The van der Waals surface area contributed by atoms with Crippen LogP contribution < -0.4 is 0 Å². The standard InChI is InChI=1S/C23H35NO4/c1-6-22(26)24(18-8-9-18)13-15(3)19-10-7-16(4)23(27)12-21(28-17(5)25)14(2)11-20(19)23/h11,15-16,18-21,27H,6-10,13H2,1-5H3/t15-,16-,19+,20-,21-,23-/m1/s1. The van der Waals surface area contributed by atoms with Gasteiger partial charge in [-0.05, 0) is 55.9 Å². The van der Waals surface area contributed by atoms with Crippen LogP contribution in [0.5, 0.6) is 0 Å². The van der Waals surface area contributed by atoms with Crippen molar-refractivity contribution in [2.24, 2.45) is 23.7 Å². The Morgan fingerprint density at radius 2 is 2.04 bits per heavy atom. The van der Waals surface area contributed by atoms with E-state index in [0.29, 0.717) is 12.5 Å². The third-order valence-electron chi connectivity index (χ3n) is 6.98. The molecule has 0 bridgehead atoms. The van der Waals surface area contributed by atoms with Gasteiger partial charge in [0.2, 0.25) is 5.91 Å². The second-order valence-corrected chi connectivity index (χ2v) is 9.15. The highest BCUT2D eigenvalue weighted by Crippen LogP contribution is 2.51. The Hall–Kier alpha value is -1.36. The van der Waals surface area contributed by atoms with Gasteiger partial charge in [-0.2, -0.15) is 0 Å². The molecule has 0 saturated heterocycles. The fourth-order valence-electron chi connectivity index (χ4n) is 5.10. The summed E-state index contributed by atoms with van der Waals surface area (Å²) in [5.41, 5.74) is -0.171. The van der Waals surface area contributed by atoms with Gasteiger partial charge in [0.25, 0.3) is 0 Å². The lowest BCUT2D eigenvalue weighted by Crippen LogP contribution is -2.57. The van der Waals surface area contributed by atoms with Gasteiger partial charge in [0.15, 0.2) is 0 Å². The molecule has 2 saturated carbocycles. The van der Waals surface area contributed by atoms with Crippen LogP contribution in [-0.2, 0) is 14.3 Å². The molecule has 3 aliphatic rings. The minimum Gasteiger partial charge on any atom is -0.457 e. The Balaban J connectivity index is 1.81. The van der Waals surface area contributed by atoms with E-state index >= 15 is 0 Å². The molecule has 0 aromatic rings. The molecule has 3 aliphatic carbocycles. The predicted molar refractivity (Wildman–Crippen MR) is 107 cm³/mol.